The number of hydrogen-bond donors (Lipinski definition) is 0. The second-order valence-corrected chi connectivity index (χ2v) is 7.17. The summed E-state index contributed by atoms with van der Waals surface area (Å²) in [7, 11) is 0. The zero-order valence-electron chi connectivity index (χ0n) is 17.0. The zero-order chi connectivity index (χ0) is 18.3. The molecule has 0 heterocycles. The quantitative estimate of drug-likeness (QED) is 0.165. The molecule has 0 radical (unpaired) electrons. The molecule has 0 saturated carbocycles. The predicted molar refractivity (Wildman–Crippen MR) is 110 cm³/mol. The Balaban J connectivity index is 2.95. The molecular formula is C23H44O2. The van der Waals surface area contributed by atoms with Crippen LogP contribution in [-0.2, 0) is 9.47 Å². The van der Waals surface area contributed by atoms with E-state index in [0.29, 0.717) is 19.8 Å². The number of rotatable bonds is 21. The van der Waals surface area contributed by atoms with Crippen LogP contribution in [0.15, 0.2) is 0 Å². The monoisotopic (exact) mass is 352 g/mol. The third-order valence-corrected chi connectivity index (χ3v) is 4.70. The van der Waals surface area contributed by atoms with Gasteiger partial charge in [0.05, 0.1) is 13.2 Å². The first-order chi connectivity index (χ1) is 12.4. The first-order valence-electron chi connectivity index (χ1n) is 11.0. The molecular weight excluding hydrogens is 308 g/mol. The van der Waals surface area contributed by atoms with E-state index in [1.165, 1.54) is 103 Å². The van der Waals surface area contributed by atoms with Crippen molar-refractivity contribution >= 4 is 0 Å². The van der Waals surface area contributed by atoms with Gasteiger partial charge in [0.15, 0.2) is 0 Å². The van der Waals surface area contributed by atoms with E-state index in [1.807, 2.05) is 0 Å². The SMILES string of the molecule is C#CCOCCOCCCCCCCCCCCCCCCCCC. The summed E-state index contributed by atoms with van der Waals surface area (Å²) in [5.41, 5.74) is 0. The lowest BCUT2D eigenvalue weighted by Crippen LogP contribution is -2.05. The van der Waals surface area contributed by atoms with Gasteiger partial charge < -0.3 is 9.47 Å². The highest BCUT2D eigenvalue weighted by Gasteiger charge is 1.95. The third kappa shape index (κ3) is 23.5. The van der Waals surface area contributed by atoms with Gasteiger partial charge in [-0.05, 0) is 6.42 Å². The Bertz CT molecular complexity index is 270. The van der Waals surface area contributed by atoms with Crippen molar-refractivity contribution in [3.05, 3.63) is 0 Å². The van der Waals surface area contributed by atoms with Crippen molar-refractivity contribution in [3.8, 4) is 12.3 Å². The lowest BCUT2D eigenvalue weighted by Gasteiger charge is -2.05. The highest BCUT2D eigenvalue weighted by Crippen LogP contribution is 2.13. The van der Waals surface area contributed by atoms with E-state index in [2.05, 4.69) is 12.8 Å². The molecule has 0 aromatic rings. The van der Waals surface area contributed by atoms with Crippen LogP contribution in [0.25, 0.3) is 0 Å². The molecule has 0 atom stereocenters. The van der Waals surface area contributed by atoms with Crippen LogP contribution in [0.5, 0.6) is 0 Å². The number of ether oxygens (including phenoxy) is 2. The minimum Gasteiger partial charge on any atom is -0.379 e. The second-order valence-electron chi connectivity index (χ2n) is 7.17. The standard InChI is InChI=1S/C23H44O2/c1-3-5-6-7-8-9-10-11-12-13-14-15-16-17-18-19-21-25-23-22-24-20-4-2/h2H,3,5-23H2,1H3. The van der Waals surface area contributed by atoms with Gasteiger partial charge in [-0.1, -0.05) is 109 Å². The Morgan fingerprint density at radius 3 is 1.36 bits per heavy atom. The molecule has 0 aromatic carbocycles. The lowest BCUT2D eigenvalue weighted by molar-refractivity contribution is 0.0583. The van der Waals surface area contributed by atoms with E-state index >= 15 is 0 Å². The van der Waals surface area contributed by atoms with Crippen LogP contribution in [0, 0.1) is 12.3 Å². The van der Waals surface area contributed by atoms with Crippen molar-refractivity contribution < 1.29 is 9.47 Å². The van der Waals surface area contributed by atoms with Crippen LogP contribution in [0.3, 0.4) is 0 Å². The van der Waals surface area contributed by atoms with Crippen molar-refractivity contribution in [2.24, 2.45) is 0 Å². The summed E-state index contributed by atoms with van der Waals surface area (Å²) in [5.74, 6) is 2.45. The fourth-order valence-corrected chi connectivity index (χ4v) is 3.10. The van der Waals surface area contributed by atoms with Gasteiger partial charge in [-0.3, -0.25) is 0 Å². The first-order valence-corrected chi connectivity index (χ1v) is 11.0. The Labute approximate surface area is 158 Å². The number of unbranched alkanes of at least 4 members (excludes halogenated alkanes) is 15. The molecule has 0 spiro atoms. The van der Waals surface area contributed by atoms with E-state index < -0.39 is 0 Å². The fraction of sp³-hybridized carbons (Fsp3) is 0.913. The average molecular weight is 353 g/mol. The highest BCUT2D eigenvalue weighted by molar-refractivity contribution is 4.82. The van der Waals surface area contributed by atoms with E-state index in [1.54, 1.807) is 0 Å². The molecule has 0 aliphatic rings. The van der Waals surface area contributed by atoms with Gasteiger partial charge in [0.2, 0.25) is 0 Å². The molecule has 0 N–H and O–H groups in total. The van der Waals surface area contributed by atoms with Crippen molar-refractivity contribution in [2.45, 2.75) is 110 Å². The van der Waals surface area contributed by atoms with Gasteiger partial charge in [0, 0.05) is 6.61 Å². The van der Waals surface area contributed by atoms with Crippen molar-refractivity contribution in [3.63, 3.8) is 0 Å². The van der Waals surface area contributed by atoms with Gasteiger partial charge in [-0.15, -0.1) is 6.42 Å². The van der Waals surface area contributed by atoms with Gasteiger partial charge in [-0.25, -0.2) is 0 Å². The van der Waals surface area contributed by atoms with Gasteiger partial charge in [0.1, 0.15) is 6.61 Å². The van der Waals surface area contributed by atoms with E-state index in [-0.39, 0.29) is 0 Å². The van der Waals surface area contributed by atoms with Gasteiger partial charge in [-0.2, -0.15) is 0 Å². The maximum atomic E-state index is 5.51. The van der Waals surface area contributed by atoms with Crippen LogP contribution >= 0.6 is 0 Å². The van der Waals surface area contributed by atoms with Gasteiger partial charge in [0.25, 0.3) is 0 Å². The number of terminal acetylenes is 1. The van der Waals surface area contributed by atoms with Crippen LogP contribution in [0.4, 0.5) is 0 Å². The minimum atomic E-state index is 0.391. The molecule has 2 heteroatoms. The molecule has 148 valence electrons. The molecule has 0 aliphatic heterocycles. The largest absolute Gasteiger partial charge is 0.379 e. The van der Waals surface area contributed by atoms with Crippen LogP contribution < -0.4 is 0 Å². The smallest absolute Gasteiger partial charge is 0.107 e. The Kier molecular flexibility index (Phi) is 23.0. The molecule has 0 fully saturated rings. The minimum absolute atomic E-state index is 0.391. The summed E-state index contributed by atoms with van der Waals surface area (Å²) in [6, 6.07) is 0. The summed E-state index contributed by atoms with van der Waals surface area (Å²) in [4.78, 5) is 0. The maximum Gasteiger partial charge on any atom is 0.107 e. The average Bonchev–Trinajstić information content (AvgIpc) is 2.63. The summed E-state index contributed by atoms with van der Waals surface area (Å²) in [6.45, 7) is 4.82. The second kappa shape index (κ2) is 23.5. The van der Waals surface area contributed by atoms with Crippen LogP contribution in [-0.4, -0.2) is 26.4 Å². The molecule has 0 aliphatic carbocycles. The molecule has 0 aromatic heterocycles. The van der Waals surface area contributed by atoms with Gasteiger partial charge >= 0.3 is 0 Å². The molecule has 0 rings (SSSR count). The Morgan fingerprint density at radius 1 is 0.520 bits per heavy atom. The summed E-state index contributed by atoms with van der Waals surface area (Å²) >= 11 is 0. The molecule has 0 saturated heterocycles. The summed E-state index contributed by atoms with van der Waals surface area (Å²) in [5, 5.41) is 0. The summed E-state index contributed by atoms with van der Waals surface area (Å²) < 4.78 is 10.7. The fourth-order valence-electron chi connectivity index (χ4n) is 3.10. The van der Waals surface area contributed by atoms with E-state index in [9.17, 15) is 0 Å². The lowest BCUT2D eigenvalue weighted by atomic mass is 10.0. The number of hydrogen-bond acceptors (Lipinski definition) is 2. The van der Waals surface area contributed by atoms with E-state index in [4.69, 9.17) is 15.9 Å². The topological polar surface area (TPSA) is 18.5 Å². The molecule has 2 nitrogen and oxygen atoms in total. The van der Waals surface area contributed by atoms with Crippen molar-refractivity contribution in [1.29, 1.82) is 0 Å². The van der Waals surface area contributed by atoms with Crippen molar-refractivity contribution in [1.82, 2.24) is 0 Å². The molecule has 0 bridgehead atoms. The third-order valence-electron chi connectivity index (χ3n) is 4.70. The normalized spacial score (nSPS) is 10.9. The first kappa shape index (κ1) is 24.5. The van der Waals surface area contributed by atoms with E-state index in [0.717, 1.165) is 6.61 Å². The summed E-state index contributed by atoms with van der Waals surface area (Å²) in [6.07, 6.45) is 27.6. The van der Waals surface area contributed by atoms with Crippen molar-refractivity contribution in [2.75, 3.05) is 26.4 Å². The maximum absolute atomic E-state index is 5.51. The zero-order valence-corrected chi connectivity index (χ0v) is 17.0. The molecule has 25 heavy (non-hydrogen) atoms. The van der Waals surface area contributed by atoms with Crippen LogP contribution in [0.2, 0.25) is 0 Å². The predicted octanol–water partition coefficient (Wildman–Crippen LogP) is 6.91. The Morgan fingerprint density at radius 2 is 0.920 bits per heavy atom. The highest BCUT2D eigenvalue weighted by atomic mass is 16.5. The Hall–Kier alpha value is -0.520. The van der Waals surface area contributed by atoms with Crippen LogP contribution in [0.1, 0.15) is 110 Å². The molecule has 0 unspecified atom stereocenters. The molecule has 0 amide bonds.